The molecule has 1 heterocycles. The summed E-state index contributed by atoms with van der Waals surface area (Å²) in [5, 5.41) is 10.2. The molecule has 0 atom stereocenters. The van der Waals surface area contributed by atoms with Crippen molar-refractivity contribution in [3.8, 4) is 0 Å². The molecule has 0 fully saturated rings. The molecular formula is C11H8ClNO2. The zero-order valence-electron chi connectivity index (χ0n) is 7.99. The van der Waals surface area contributed by atoms with Crippen LogP contribution in [0.4, 0.5) is 0 Å². The van der Waals surface area contributed by atoms with Crippen molar-refractivity contribution in [2.24, 2.45) is 0 Å². The number of hydrogen-bond donors (Lipinski definition) is 1. The number of hydrogen-bond acceptors (Lipinski definition) is 2. The van der Waals surface area contributed by atoms with Crippen LogP contribution in [0.15, 0.2) is 24.4 Å². The molecule has 0 radical (unpaired) electrons. The van der Waals surface area contributed by atoms with Gasteiger partial charge < -0.3 is 5.11 Å². The molecule has 0 bridgehead atoms. The van der Waals surface area contributed by atoms with E-state index in [2.05, 4.69) is 4.98 Å². The Balaban J connectivity index is 2.88. The Bertz CT molecular complexity index is 552. The molecule has 2 rings (SSSR count). The molecule has 4 heteroatoms. The summed E-state index contributed by atoms with van der Waals surface area (Å²) in [6.07, 6.45) is 1.54. The van der Waals surface area contributed by atoms with Crippen LogP contribution in [0.5, 0.6) is 0 Å². The van der Waals surface area contributed by atoms with Crippen molar-refractivity contribution in [2.75, 3.05) is 0 Å². The lowest BCUT2D eigenvalue weighted by Crippen LogP contribution is -2.01. The first kappa shape index (κ1) is 9.93. The monoisotopic (exact) mass is 221 g/mol. The molecule has 0 amide bonds. The molecule has 3 nitrogen and oxygen atoms in total. The van der Waals surface area contributed by atoms with E-state index in [1.54, 1.807) is 31.3 Å². The third kappa shape index (κ3) is 1.66. The molecular weight excluding hydrogens is 214 g/mol. The van der Waals surface area contributed by atoms with Crippen LogP contribution in [0, 0.1) is 6.92 Å². The lowest BCUT2D eigenvalue weighted by atomic mass is 10.1. The Kier molecular flexibility index (Phi) is 2.32. The van der Waals surface area contributed by atoms with Gasteiger partial charge in [0, 0.05) is 16.6 Å². The highest BCUT2D eigenvalue weighted by molar-refractivity contribution is 6.31. The summed E-state index contributed by atoms with van der Waals surface area (Å²) in [7, 11) is 0. The van der Waals surface area contributed by atoms with E-state index in [1.165, 1.54) is 0 Å². The standard InChI is InChI=1S/C11H8ClNO2/c1-6-5-13-9-4-7(12)2-3-8(9)10(6)11(14)15/h2-5H,1H3,(H,14,15). The summed E-state index contributed by atoms with van der Waals surface area (Å²) < 4.78 is 0. The fraction of sp³-hybridized carbons (Fsp3) is 0.0909. The van der Waals surface area contributed by atoms with E-state index in [1.807, 2.05) is 0 Å². The van der Waals surface area contributed by atoms with Gasteiger partial charge in [0.1, 0.15) is 0 Å². The second kappa shape index (κ2) is 3.51. The Morgan fingerprint density at radius 2 is 2.20 bits per heavy atom. The lowest BCUT2D eigenvalue weighted by molar-refractivity contribution is 0.0698. The minimum atomic E-state index is -0.942. The number of fused-ring (bicyclic) bond motifs is 1. The molecule has 15 heavy (non-hydrogen) atoms. The second-order valence-electron chi connectivity index (χ2n) is 3.28. The first-order valence-electron chi connectivity index (χ1n) is 4.38. The van der Waals surface area contributed by atoms with E-state index in [-0.39, 0.29) is 5.56 Å². The summed E-state index contributed by atoms with van der Waals surface area (Å²) in [6, 6.07) is 5.00. The number of carboxylic acids is 1. The van der Waals surface area contributed by atoms with Crippen LogP contribution in [0.25, 0.3) is 10.9 Å². The summed E-state index contributed by atoms with van der Waals surface area (Å²) in [5.74, 6) is -0.942. The number of aromatic carboxylic acids is 1. The van der Waals surface area contributed by atoms with Crippen molar-refractivity contribution >= 4 is 28.5 Å². The fourth-order valence-electron chi connectivity index (χ4n) is 1.55. The SMILES string of the molecule is Cc1cnc2cc(Cl)ccc2c1C(=O)O. The minimum Gasteiger partial charge on any atom is -0.478 e. The highest BCUT2D eigenvalue weighted by Gasteiger charge is 2.12. The predicted octanol–water partition coefficient (Wildman–Crippen LogP) is 2.89. The van der Waals surface area contributed by atoms with Crippen LogP contribution < -0.4 is 0 Å². The van der Waals surface area contributed by atoms with Gasteiger partial charge in [0.15, 0.2) is 0 Å². The highest BCUT2D eigenvalue weighted by Crippen LogP contribution is 2.23. The smallest absolute Gasteiger partial charge is 0.336 e. The van der Waals surface area contributed by atoms with E-state index in [9.17, 15) is 4.79 Å². The summed E-state index contributed by atoms with van der Waals surface area (Å²) in [6.45, 7) is 1.73. The van der Waals surface area contributed by atoms with Crippen LogP contribution in [0.3, 0.4) is 0 Å². The molecule has 0 saturated heterocycles. The van der Waals surface area contributed by atoms with Gasteiger partial charge in [-0.05, 0) is 24.6 Å². The van der Waals surface area contributed by atoms with E-state index in [0.29, 0.717) is 21.5 Å². The van der Waals surface area contributed by atoms with Crippen LogP contribution in [0.2, 0.25) is 5.02 Å². The number of aromatic nitrogens is 1. The number of nitrogens with zero attached hydrogens (tertiary/aromatic N) is 1. The Morgan fingerprint density at radius 3 is 2.87 bits per heavy atom. The van der Waals surface area contributed by atoms with Gasteiger partial charge in [-0.1, -0.05) is 17.7 Å². The third-order valence-electron chi connectivity index (χ3n) is 2.23. The van der Waals surface area contributed by atoms with Crippen LogP contribution >= 0.6 is 11.6 Å². The van der Waals surface area contributed by atoms with Crippen molar-refractivity contribution in [1.82, 2.24) is 4.98 Å². The largest absolute Gasteiger partial charge is 0.478 e. The van der Waals surface area contributed by atoms with E-state index >= 15 is 0 Å². The maximum absolute atomic E-state index is 11.1. The van der Waals surface area contributed by atoms with Crippen molar-refractivity contribution in [1.29, 1.82) is 0 Å². The Labute approximate surface area is 91.3 Å². The minimum absolute atomic E-state index is 0.289. The van der Waals surface area contributed by atoms with Gasteiger partial charge in [0.25, 0.3) is 0 Å². The summed E-state index contributed by atoms with van der Waals surface area (Å²) >= 11 is 5.80. The number of halogens is 1. The number of benzene rings is 1. The van der Waals surface area contributed by atoms with E-state index in [0.717, 1.165) is 0 Å². The summed E-state index contributed by atoms with van der Waals surface area (Å²) in [4.78, 5) is 15.2. The zero-order chi connectivity index (χ0) is 11.0. The number of rotatable bonds is 1. The molecule has 0 unspecified atom stereocenters. The average Bonchev–Trinajstić information content (AvgIpc) is 2.17. The molecule has 0 saturated carbocycles. The summed E-state index contributed by atoms with van der Waals surface area (Å²) in [5.41, 5.74) is 1.54. The molecule has 0 spiro atoms. The number of carboxylic acid groups (broad SMARTS) is 1. The van der Waals surface area contributed by atoms with Gasteiger partial charge in [0.05, 0.1) is 11.1 Å². The fourth-order valence-corrected chi connectivity index (χ4v) is 1.72. The topological polar surface area (TPSA) is 50.2 Å². The Hall–Kier alpha value is -1.61. The van der Waals surface area contributed by atoms with Crippen molar-refractivity contribution in [2.45, 2.75) is 6.92 Å². The van der Waals surface area contributed by atoms with Gasteiger partial charge in [-0.3, -0.25) is 4.98 Å². The predicted molar refractivity (Wildman–Crippen MR) is 58.4 cm³/mol. The number of aryl methyl sites for hydroxylation is 1. The van der Waals surface area contributed by atoms with Crippen molar-refractivity contribution < 1.29 is 9.90 Å². The first-order valence-corrected chi connectivity index (χ1v) is 4.75. The molecule has 76 valence electrons. The highest BCUT2D eigenvalue weighted by atomic mass is 35.5. The van der Waals surface area contributed by atoms with Crippen LogP contribution in [0.1, 0.15) is 15.9 Å². The van der Waals surface area contributed by atoms with E-state index in [4.69, 9.17) is 16.7 Å². The van der Waals surface area contributed by atoms with Gasteiger partial charge in [0.2, 0.25) is 0 Å². The van der Waals surface area contributed by atoms with Crippen molar-refractivity contribution in [3.63, 3.8) is 0 Å². The van der Waals surface area contributed by atoms with E-state index < -0.39 is 5.97 Å². The van der Waals surface area contributed by atoms with Crippen molar-refractivity contribution in [3.05, 3.63) is 40.5 Å². The molecule has 0 aliphatic carbocycles. The van der Waals surface area contributed by atoms with Crippen LogP contribution in [-0.2, 0) is 0 Å². The van der Waals surface area contributed by atoms with Gasteiger partial charge in [-0.25, -0.2) is 4.79 Å². The zero-order valence-corrected chi connectivity index (χ0v) is 8.75. The molecule has 1 aromatic heterocycles. The van der Waals surface area contributed by atoms with Gasteiger partial charge >= 0.3 is 5.97 Å². The maximum Gasteiger partial charge on any atom is 0.336 e. The maximum atomic E-state index is 11.1. The third-order valence-corrected chi connectivity index (χ3v) is 2.47. The quantitative estimate of drug-likeness (QED) is 0.806. The number of pyridine rings is 1. The van der Waals surface area contributed by atoms with Gasteiger partial charge in [-0.15, -0.1) is 0 Å². The second-order valence-corrected chi connectivity index (χ2v) is 3.72. The molecule has 0 aliphatic rings. The first-order chi connectivity index (χ1) is 7.09. The lowest BCUT2D eigenvalue weighted by Gasteiger charge is -2.05. The Morgan fingerprint density at radius 1 is 1.47 bits per heavy atom. The van der Waals surface area contributed by atoms with Crippen LogP contribution in [-0.4, -0.2) is 16.1 Å². The normalized spacial score (nSPS) is 10.5. The van der Waals surface area contributed by atoms with Gasteiger partial charge in [-0.2, -0.15) is 0 Å². The molecule has 2 aromatic rings. The average molecular weight is 222 g/mol. The number of carbonyl (C=O) groups is 1. The molecule has 1 aromatic carbocycles. The molecule has 0 aliphatic heterocycles. The molecule has 1 N–H and O–H groups in total.